The van der Waals surface area contributed by atoms with Crippen LogP contribution in [0.2, 0.25) is 0 Å². The molecule has 0 aliphatic carbocycles. The molecule has 86 valence electrons. The molecule has 0 spiro atoms. The van der Waals surface area contributed by atoms with Gasteiger partial charge in [-0.05, 0) is 17.7 Å². The second kappa shape index (κ2) is 4.21. The summed E-state index contributed by atoms with van der Waals surface area (Å²) >= 11 is 0. The third-order valence-electron chi connectivity index (χ3n) is 2.36. The molecule has 0 fully saturated rings. The number of benzene rings is 1. The van der Waals surface area contributed by atoms with Crippen molar-refractivity contribution in [2.75, 3.05) is 0 Å². The summed E-state index contributed by atoms with van der Waals surface area (Å²) in [6.07, 6.45) is 3.01. The average molecular weight is 231 g/mol. The van der Waals surface area contributed by atoms with Gasteiger partial charge >= 0.3 is 5.97 Å². The van der Waals surface area contributed by atoms with Crippen molar-refractivity contribution in [3.63, 3.8) is 0 Å². The van der Waals surface area contributed by atoms with E-state index in [0.717, 1.165) is 0 Å². The zero-order valence-electron chi connectivity index (χ0n) is 8.77. The lowest BCUT2D eigenvalue weighted by molar-refractivity contribution is -0.135. The van der Waals surface area contributed by atoms with Gasteiger partial charge in [0.1, 0.15) is 0 Å². The van der Waals surface area contributed by atoms with Crippen LogP contribution in [0.3, 0.4) is 0 Å². The van der Waals surface area contributed by atoms with Crippen molar-refractivity contribution < 1.29 is 19.5 Å². The van der Waals surface area contributed by atoms with E-state index in [0.29, 0.717) is 16.7 Å². The molecule has 1 aliphatic heterocycles. The SMILES string of the molecule is O=C(O)CC=Cc1ccc2c(c1)C(=O)NC2=O. The lowest BCUT2D eigenvalue weighted by Gasteiger charge is -1.96. The molecule has 2 amide bonds. The van der Waals surface area contributed by atoms with E-state index >= 15 is 0 Å². The Hall–Kier alpha value is -2.43. The number of hydrogen-bond acceptors (Lipinski definition) is 3. The number of imide groups is 1. The normalized spacial score (nSPS) is 13.9. The molecule has 0 radical (unpaired) electrons. The standard InChI is InChI=1S/C12H9NO4/c14-10(15)3-1-2-7-4-5-8-9(6-7)12(17)13-11(8)16/h1-2,4-6H,3H2,(H,14,15)(H,13,16,17). The summed E-state index contributed by atoms with van der Waals surface area (Å²) in [4.78, 5) is 32.9. The Bertz CT molecular complexity index is 545. The Labute approximate surface area is 96.8 Å². The van der Waals surface area contributed by atoms with E-state index in [4.69, 9.17) is 5.11 Å². The van der Waals surface area contributed by atoms with Crippen molar-refractivity contribution in [2.24, 2.45) is 0 Å². The summed E-state index contributed by atoms with van der Waals surface area (Å²) in [5.74, 6) is -1.74. The number of carboxylic acids is 1. The fraction of sp³-hybridized carbons (Fsp3) is 0.0833. The minimum Gasteiger partial charge on any atom is -0.481 e. The second-order valence-corrected chi connectivity index (χ2v) is 3.59. The molecule has 0 atom stereocenters. The van der Waals surface area contributed by atoms with Gasteiger partial charge in [-0.15, -0.1) is 0 Å². The Morgan fingerprint density at radius 1 is 1.24 bits per heavy atom. The third-order valence-corrected chi connectivity index (χ3v) is 2.36. The van der Waals surface area contributed by atoms with Crippen LogP contribution < -0.4 is 5.32 Å². The zero-order chi connectivity index (χ0) is 12.4. The predicted octanol–water partition coefficient (Wildman–Crippen LogP) is 1.06. The molecular weight excluding hydrogens is 222 g/mol. The number of rotatable bonds is 3. The number of amides is 2. The highest BCUT2D eigenvalue weighted by molar-refractivity contribution is 6.21. The fourth-order valence-corrected chi connectivity index (χ4v) is 1.59. The topological polar surface area (TPSA) is 83.5 Å². The lowest BCUT2D eigenvalue weighted by Crippen LogP contribution is -2.19. The van der Waals surface area contributed by atoms with E-state index in [1.165, 1.54) is 6.08 Å². The van der Waals surface area contributed by atoms with Crippen molar-refractivity contribution in [1.82, 2.24) is 5.32 Å². The molecule has 1 aromatic rings. The maximum absolute atomic E-state index is 11.4. The number of fused-ring (bicyclic) bond motifs is 1. The fourth-order valence-electron chi connectivity index (χ4n) is 1.59. The van der Waals surface area contributed by atoms with Crippen molar-refractivity contribution in [2.45, 2.75) is 6.42 Å². The van der Waals surface area contributed by atoms with Crippen molar-refractivity contribution in [1.29, 1.82) is 0 Å². The largest absolute Gasteiger partial charge is 0.481 e. The van der Waals surface area contributed by atoms with Gasteiger partial charge in [0.2, 0.25) is 0 Å². The third kappa shape index (κ3) is 2.23. The van der Waals surface area contributed by atoms with Crippen LogP contribution in [0, 0.1) is 0 Å². The maximum Gasteiger partial charge on any atom is 0.307 e. The van der Waals surface area contributed by atoms with Crippen molar-refractivity contribution >= 4 is 23.9 Å². The van der Waals surface area contributed by atoms with Gasteiger partial charge in [-0.2, -0.15) is 0 Å². The van der Waals surface area contributed by atoms with Gasteiger partial charge in [0.05, 0.1) is 17.5 Å². The molecule has 1 heterocycles. The van der Waals surface area contributed by atoms with Crippen LogP contribution in [-0.4, -0.2) is 22.9 Å². The first-order valence-corrected chi connectivity index (χ1v) is 4.96. The van der Waals surface area contributed by atoms with E-state index in [1.807, 2.05) is 0 Å². The van der Waals surface area contributed by atoms with Crippen LogP contribution in [0.4, 0.5) is 0 Å². The van der Waals surface area contributed by atoms with E-state index in [2.05, 4.69) is 5.32 Å². The number of carbonyl (C=O) groups excluding carboxylic acids is 2. The molecule has 0 aromatic heterocycles. The van der Waals surface area contributed by atoms with E-state index in [9.17, 15) is 14.4 Å². The van der Waals surface area contributed by atoms with Gasteiger partial charge in [-0.1, -0.05) is 18.2 Å². The van der Waals surface area contributed by atoms with Crippen LogP contribution in [-0.2, 0) is 4.79 Å². The van der Waals surface area contributed by atoms with Gasteiger partial charge in [0.25, 0.3) is 11.8 Å². The van der Waals surface area contributed by atoms with Gasteiger partial charge in [-0.25, -0.2) is 0 Å². The summed E-state index contributed by atoms with van der Waals surface area (Å²) in [5.41, 5.74) is 1.37. The van der Waals surface area contributed by atoms with Crippen LogP contribution in [0.25, 0.3) is 6.08 Å². The molecule has 0 saturated carbocycles. The van der Waals surface area contributed by atoms with Gasteiger partial charge in [0, 0.05) is 0 Å². The number of aliphatic carboxylic acids is 1. The minimum absolute atomic E-state index is 0.0811. The second-order valence-electron chi connectivity index (χ2n) is 3.59. The first-order chi connectivity index (χ1) is 8.08. The molecule has 17 heavy (non-hydrogen) atoms. The highest BCUT2D eigenvalue weighted by atomic mass is 16.4. The first-order valence-electron chi connectivity index (χ1n) is 4.96. The van der Waals surface area contributed by atoms with Crippen molar-refractivity contribution in [3.8, 4) is 0 Å². The summed E-state index contributed by atoms with van der Waals surface area (Å²) in [6.45, 7) is 0. The predicted molar refractivity (Wildman–Crippen MR) is 59.5 cm³/mol. The average Bonchev–Trinajstić information content (AvgIpc) is 2.54. The monoisotopic (exact) mass is 231 g/mol. The molecule has 5 nitrogen and oxygen atoms in total. The number of carboxylic acid groups (broad SMARTS) is 1. The summed E-state index contributed by atoms with van der Waals surface area (Å²) < 4.78 is 0. The molecule has 0 unspecified atom stereocenters. The van der Waals surface area contributed by atoms with E-state index < -0.39 is 17.8 Å². The summed E-state index contributed by atoms with van der Waals surface area (Å²) in [6, 6.07) is 4.78. The first kappa shape index (κ1) is 11.1. The molecule has 0 bridgehead atoms. The lowest BCUT2D eigenvalue weighted by atomic mass is 10.1. The van der Waals surface area contributed by atoms with E-state index in [1.54, 1.807) is 24.3 Å². The molecule has 2 rings (SSSR count). The van der Waals surface area contributed by atoms with Crippen LogP contribution in [0.15, 0.2) is 24.3 Å². The quantitative estimate of drug-likeness (QED) is 0.762. The highest BCUT2D eigenvalue weighted by Gasteiger charge is 2.26. The molecule has 1 aromatic carbocycles. The number of carbonyl (C=O) groups is 3. The number of nitrogens with one attached hydrogen (secondary N) is 1. The Balaban J connectivity index is 2.26. The van der Waals surface area contributed by atoms with Gasteiger partial charge < -0.3 is 5.11 Å². The van der Waals surface area contributed by atoms with E-state index in [-0.39, 0.29) is 6.42 Å². The van der Waals surface area contributed by atoms with Gasteiger partial charge in [0.15, 0.2) is 0 Å². The Morgan fingerprint density at radius 2 is 1.94 bits per heavy atom. The molecule has 1 aliphatic rings. The van der Waals surface area contributed by atoms with Gasteiger partial charge in [-0.3, -0.25) is 19.7 Å². The zero-order valence-corrected chi connectivity index (χ0v) is 8.77. The Kier molecular flexibility index (Phi) is 2.74. The van der Waals surface area contributed by atoms with Crippen LogP contribution in [0.5, 0.6) is 0 Å². The number of hydrogen-bond donors (Lipinski definition) is 2. The van der Waals surface area contributed by atoms with Crippen LogP contribution >= 0.6 is 0 Å². The maximum atomic E-state index is 11.4. The minimum atomic E-state index is -0.921. The molecule has 5 heteroatoms. The summed E-state index contributed by atoms with van der Waals surface area (Å²) in [7, 11) is 0. The molecule has 0 saturated heterocycles. The van der Waals surface area contributed by atoms with Crippen LogP contribution in [0.1, 0.15) is 32.7 Å². The van der Waals surface area contributed by atoms with Crippen molar-refractivity contribution in [3.05, 3.63) is 41.0 Å². The smallest absolute Gasteiger partial charge is 0.307 e. The Morgan fingerprint density at radius 3 is 2.65 bits per heavy atom. The highest BCUT2D eigenvalue weighted by Crippen LogP contribution is 2.18. The molecule has 2 N–H and O–H groups in total. The molecular formula is C12H9NO4. The summed E-state index contributed by atoms with van der Waals surface area (Å²) in [5, 5.41) is 10.7.